The average molecular weight is 331 g/mol. The van der Waals surface area contributed by atoms with E-state index in [1.165, 1.54) is 0 Å². The normalized spacial score (nSPS) is 10.1. The summed E-state index contributed by atoms with van der Waals surface area (Å²) in [6, 6.07) is 19.5. The summed E-state index contributed by atoms with van der Waals surface area (Å²) in [6.45, 7) is 0.405. The highest BCUT2D eigenvalue weighted by atomic mass is 16.2. The Balaban J connectivity index is 1.66. The first-order chi connectivity index (χ1) is 12.2. The van der Waals surface area contributed by atoms with Gasteiger partial charge < -0.3 is 10.6 Å². The second-order valence-corrected chi connectivity index (χ2v) is 5.44. The molecule has 1 heterocycles. The third-order valence-corrected chi connectivity index (χ3v) is 3.62. The van der Waals surface area contributed by atoms with Crippen molar-refractivity contribution >= 4 is 17.5 Å². The fourth-order valence-electron chi connectivity index (χ4n) is 2.31. The number of carbonyl (C=O) groups excluding carboxylic acids is 2. The van der Waals surface area contributed by atoms with Crippen LogP contribution in [-0.4, -0.2) is 16.8 Å². The van der Waals surface area contributed by atoms with E-state index < -0.39 is 0 Å². The molecule has 3 aromatic rings. The maximum atomic E-state index is 12.3. The molecule has 0 spiro atoms. The Morgan fingerprint density at radius 1 is 0.800 bits per heavy atom. The van der Waals surface area contributed by atoms with E-state index in [9.17, 15) is 9.59 Å². The Morgan fingerprint density at radius 3 is 2.20 bits per heavy atom. The number of carbonyl (C=O) groups is 2. The minimum absolute atomic E-state index is 0.230. The lowest BCUT2D eigenvalue weighted by atomic mass is 10.1. The number of hydrogen-bond acceptors (Lipinski definition) is 3. The highest BCUT2D eigenvalue weighted by Gasteiger charge is 2.10. The first kappa shape index (κ1) is 16.4. The molecule has 0 saturated heterocycles. The Kier molecular flexibility index (Phi) is 5.16. The lowest BCUT2D eigenvalue weighted by Gasteiger charge is -2.08. The predicted molar refractivity (Wildman–Crippen MR) is 96.2 cm³/mol. The summed E-state index contributed by atoms with van der Waals surface area (Å²) in [4.78, 5) is 28.6. The monoisotopic (exact) mass is 331 g/mol. The quantitative estimate of drug-likeness (QED) is 0.754. The SMILES string of the molecule is O=C(NCc1ccncc1)c1cccc(C(=O)Nc2ccccc2)c1. The second-order valence-electron chi connectivity index (χ2n) is 5.44. The van der Waals surface area contributed by atoms with E-state index in [2.05, 4.69) is 15.6 Å². The lowest BCUT2D eigenvalue weighted by molar-refractivity contribution is 0.0951. The number of pyridine rings is 1. The Hall–Kier alpha value is -3.47. The number of nitrogens with zero attached hydrogens (tertiary/aromatic N) is 1. The van der Waals surface area contributed by atoms with Crippen LogP contribution in [0, 0.1) is 0 Å². The van der Waals surface area contributed by atoms with Crippen LogP contribution >= 0.6 is 0 Å². The fourth-order valence-corrected chi connectivity index (χ4v) is 2.31. The first-order valence-corrected chi connectivity index (χ1v) is 7.86. The number of aromatic nitrogens is 1. The molecular formula is C20H17N3O2. The highest BCUT2D eigenvalue weighted by molar-refractivity contribution is 6.06. The van der Waals surface area contributed by atoms with Gasteiger partial charge in [-0.15, -0.1) is 0 Å². The van der Waals surface area contributed by atoms with Gasteiger partial charge in [0.15, 0.2) is 0 Å². The number of anilines is 1. The Morgan fingerprint density at radius 2 is 1.48 bits per heavy atom. The minimum atomic E-state index is -0.255. The van der Waals surface area contributed by atoms with E-state index in [1.54, 1.807) is 36.7 Å². The third kappa shape index (κ3) is 4.51. The van der Waals surface area contributed by atoms with Crippen molar-refractivity contribution in [3.63, 3.8) is 0 Å². The van der Waals surface area contributed by atoms with Crippen LogP contribution < -0.4 is 10.6 Å². The molecule has 0 aliphatic rings. The van der Waals surface area contributed by atoms with Crippen LogP contribution in [0.3, 0.4) is 0 Å². The molecule has 0 aliphatic heterocycles. The van der Waals surface area contributed by atoms with E-state index in [0.29, 0.717) is 23.4 Å². The molecule has 5 nitrogen and oxygen atoms in total. The van der Waals surface area contributed by atoms with Crippen molar-refractivity contribution in [3.8, 4) is 0 Å². The largest absolute Gasteiger partial charge is 0.348 e. The fraction of sp³-hybridized carbons (Fsp3) is 0.0500. The molecule has 0 aliphatic carbocycles. The zero-order valence-electron chi connectivity index (χ0n) is 13.5. The van der Waals surface area contributed by atoms with Crippen LogP contribution in [0.5, 0.6) is 0 Å². The molecule has 0 atom stereocenters. The summed E-state index contributed by atoms with van der Waals surface area (Å²) in [6.07, 6.45) is 3.35. The lowest BCUT2D eigenvalue weighted by Crippen LogP contribution is -2.23. The molecule has 25 heavy (non-hydrogen) atoms. The molecule has 5 heteroatoms. The Labute approximate surface area is 145 Å². The van der Waals surface area contributed by atoms with E-state index >= 15 is 0 Å². The molecule has 2 amide bonds. The average Bonchev–Trinajstić information content (AvgIpc) is 2.68. The smallest absolute Gasteiger partial charge is 0.255 e. The van der Waals surface area contributed by atoms with Crippen LogP contribution in [0.25, 0.3) is 0 Å². The van der Waals surface area contributed by atoms with Crippen LogP contribution in [0.2, 0.25) is 0 Å². The van der Waals surface area contributed by atoms with E-state index in [1.807, 2.05) is 42.5 Å². The van der Waals surface area contributed by atoms with Crippen molar-refractivity contribution < 1.29 is 9.59 Å². The van der Waals surface area contributed by atoms with Gasteiger partial charge in [-0.05, 0) is 48.0 Å². The molecule has 3 rings (SSSR count). The zero-order valence-corrected chi connectivity index (χ0v) is 13.5. The van der Waals surface area contributed by atoms with E-state index in [0.717, 1.165) is 5.56 Å². The van der Waals surface area contributed by atoms with Crippen molar-refractivity contribution in [1.29, 1.82) is 0 Å². The van der Waals surface area contributed by atoms with Crippen LogP contribution in [0.15, 0.2) is 79.1 Å². The van der Waals surface area contributed by atoms with Crippen LogP contribution in [0.1, 0.15) is 26.3 Å². The van der Waals surface area contributed by atoms with Crippen molar-refractivity contribution in [2.75, 3.05) is 5.32 Å². The van der Waals surface area contributed by atoms with Crippen molar-refractivity contribution in [2.24, 2.45) is 0 Å². The van der Waals surface area contributed by atoms with Gasteiger partial charge in [0.25, 0.3) is 11.8 Å². The van der Waals surface area contributed by atoms with Crippen LogP contribution in [0.4, 0.5) is 5.69 Å². The number of hydrogen-bond donors (Lipinski definition) is 2. The number of nitrogens with one attached hydrogen (secondary N) is 2. The third-order valence-electron chi connectivity index (χ3n) is 3.62. The summed E-state index contributed by atoms with van der Waals surface area (Å²) >= 11 is 0. The van der Waals surface area contributed by atoms with Crippen LogP contribution in [-0.2, 0) is 6.54 Å². The van der Waals surface area contributed by atoms with Gasteiger partial charge in [0.1, 0.15) is 0 Å². The van der Waals surface area contributed by atoms with Gasteiger partial charge in [0, 0.05) is 35.8 Å². The summed E-state index contributed by atoms with van der Waals surface area (Å²) < 4.78 is 0. The first-order valence-electron chi connectivity index (χ1n) is 7.86. The van der Waals surface area contributed by atoms with Gasteiger partial charge >= 0.3 is 0 Å². The maximum absolute atomic E-state index is 12.3. The highest BCUT2D eigenvalue weighted by Crippen LogP contribution is 2.11. The van der Waals surface area contributed by atoms with Gasteiger partial charge in [0.05, 0.1) is 0 Å². The maximum Gasteiger partial charge on any atom is 0.255 e. The summed E-state index contributed by atoms with van der Waals surface area (Å²) in [5, 5.41) is 5.64. The predicted octanol–water partition coefficient (Wildman–Crippen LogP) is 3.26. The summed E-state index contributed by atoms with van der Waals surface area (Å²) in [7, 11) is 0. The molecule has 0 saturated carbocycles. The molecule has 0 fully saturated rings. The van der Waals surface area contributed by atoms with Crippen molar-refractivity contribution in [3.05, 3.63) is 95.8 Å². The Bertz CT molecular complexity index is 864. The van der Waals surface area contributed by atoms with Gasteiger partial charge in [-0.3, -0.25) is 14.6 Å². The molecular weight excluding hydrogens is 314 g/mol. The second kappa shape index (κ2) is 7.88. The summed E-state index contributed by atoms with van der Waals surface area (Å²) in [5.41, 5.74) is 2.54. The van der Waals surface area contributed by atoms with Gasteiger partial charge in [-0.25, -0.2) is 0 Å². The van der Waals surface area contributed by atoms with Crippen molar-refractivity contribution in [2.45, 2.75) is 6.54 Å². The number of para-hydroxylation sites is 1. The zero-order chi connectivity index (χ0) is 17.5. The molecule has 2 N–H and O–H groups in total. The van der Waals surface area contributed by atoms with Crippen molar-refractivity contribution in [1.82, 2.24) is 10.3 Å². The van der Waals surface area contributed by atoms with E-state index in [-0.39, 0.29) is 11.8 Å². The topological polar surface area (TPSA) is 71.1 Å². The number of benzene rings is 2. The van der Waals surface area contributed by atoms with Gasteiger partial charge in [0.2, 0.25) is 0 Å². The molecule has 124 valence electrons. The standard InChI is InChI=1S/C20H17N3O2/c24-19(22-14-15-9-11-21-12-10-15)16-5-4-6-17(13-16)20(25)23-18-7-2-1-3-8-18/h1-13H,14H2,(H,22,24)(H,23,25). The number of rotatable bonds is 5. The van der Waals surface area contributed by atoms with E-state index in [4.69, 9.17) is 0 Å². The molecule has 0 radical (unpaired) electrons. The van der Waals surface area contributed by atoms with Gasteiger partial charge in [-0.2, -0.15) is 0 Å². The minimum Gasteiger partial charge on any atom is -0.348 e. The number of amides is 2. The molecule has 0 unspecified atom stereocenters. The molecule has 1 aromatic heterocycles. The molecule has 2 aromatic carbocycles. The molecule has 0 bridgehead atoms. The van der Waals surface area contributed by atoms with Gasteiger partial charge in [-0.1, -0.05) is 24.3 Å². The summed E-state index contributed by atoms with van der Waals surface area (Å²) in [5.74, 6) is -0.485.